The zero-order chi connectivity index (χ0) is 23.2. The van der Waals surface area contributed by atoms with Crippen LogP contribution in [-0.4, -0.2) is 56.7 Å². The Hall–Kier alpha value is -2.65. The number of aryl methyl sites for hydroxylation is 1. The van der Waals surface area contributed by atoms with Crippen molar-refractivity contribution in [3.63, 3.8) is 0 Å². The van der Waals surface area contributed by atoms with Crippen molar-refractivity contribution in [1.82, 2.24) is 4.57 Å². The summed E-state index contributed by atoms with van der Waals surface area (Å²) in [7, 11) is 1.51. The van der Waals surface area contributed by atoms with Crippen LogP contribution in [0, 0.1) is 12.8 Å². The van der Waals surface area contributed by atoms with Crippen molar-refractivity contribution >= 4 is 0 Å². The molecule has 1 aromatic heterocycles. The van der Waals surface area contributed by atoms with Gasteiger partial charge in [-0.3, -0.25) is 4.79 Å². The summed E-state index contributed by atoms with van der Waals surface area (Å²) < 4.78 is 56.4. The molecule has 5 rings (SSSR count). The molecular weight excluding hydrogens is 436 g/mol. The summed E-state index contributed by atoms with van der Waals surface area (Å²) in [5.74, 6) is -2.00. The molecule has 2 unspecified atom stereocenters. The molecule has 0 radical (unpaired) electrons. The number of fused-ring (bicyclic) bond motifs is 3. The highest BCUT2D eigenvalue weighted by Gasteiger charge is 2.57. The van der Waals surface area contributed by atoms with E-state index >= 15 is 0 Å². The first-order chi connectivity index (χ1) is 15.9. The molecule has 0 amide bonds. The van der Waals surface area contributed by atoms with Crippen LogP contribution in [0.1, 0.15) is 17.5 Å². The van der Waals surface area contributed by atoms with Gasteiger partial charge in [0.05, 0.1) is 45.1 Å². The second kappa shape index (κ2) is 8.61. The third-order valence-corrected chi connectivity index (χ3v) is 6.47. The average molecular weight is 463 g/mol. The fourth-order valence-corrected chi connectivity index (χ4v) is 4.44. The first-order valence-corrected chi connectivity index (χ1v) is 11.2. The van der Waals surface area contributed by atoms with E-state index in [-0.39, 0.29) is 24.7 Å². The number of hydrogen-bond donors (Lipinski definition) is 0. The molecule has 33 heavy (non-hydrogen) atoms. The van der Waals surface area contributed by atoms with Gasteiger partial charge in [0.15, 0.2) is 11.5 Å². The van der Waals surface area contributed by atoms with Crippen molar-refractivity contribution in [2.75, 3.05) is 40.1 Å². The molecule has 0 bridgehead atoms. The molecule has 9 heteroatoms. The highest BCUT2D eigenvalue weighted by atomic mass is 19.3. The molecule has 3 aliphatic rings. The van der Waals surface area contributed by atoms with Crippen molar-refractivity contribution in [3.8, 4) is 28.5 Å². The number of methoxy groups -OCH3 is 1. The van der Waals surface area contributed by atoms with Crippen molar-refractivity contribution in [2.45, 2.75) is 38.3 Å². The zero-order valence-electron chi connectivity index (χ0n) is 18.7. The molecule has 1 aliphatic carbocycles. The van der Waals surface area contributed by atoms with Gasteiger partial charge in [-0.1, -0.05) is 0 Å². The third-order valence-electron chi connectivity index (χ3n) is 6.47. The molecule has 178 valence electrons. The number of ether oxygens (including phenoxy) is 5. The summed E-state index contributed by atoms with van der Waals surface area (Å²) in [6.07, 6.45) is 0.300. The standard InChI is InChI=1S/C24H27F2NO6/c1-14-19(33-13-17-12-30-5-6-31-17)9-22(28)27-4-3-15-7-21(32-11-16-10-24(16,25)26)20(29-2)8-18(15)23(14)27/h7-9,16-17H,3-6,10-13H2,1-2H3. The summed E-state index contributed by atoms with van der Waals surface area (Å²) >= 11 is 0. The molecule has 2 aliphatic heterocycles. The lowest BCUT2D eigenvalue weighted by Crippen LogP contribution is -2.34. The maximum atomic E-state index is 13.3. The molecule has 7 nitrogen and oxygen atoms in total. The summed E-state index contributed by atoms with van der Waals surface area (Å²) in [6, 6.07) is 5.16. The van der Waals surface area contributed by atoms with Crippen LogP contribution in [0.2, 0.25) is 0 Å². The van der Waals surface area contributed by atoms with Gasteiger partial charge in [0.25, 0.3) is 11.5 Å². The molecule has 0 spiro atoms. The van der Waals surface area contributed by atoms with Crippen LogP contribution in [0.3, 0.4) is 0 Å². The largest absolute Gasteiger partial charge is 0.493 e. The monoisotopic (exact) mass is 463 g/mol. The number of pyridine rings is 1. The molecule has 0 N–H and O–H groups in total. The number of alkyl halides is 2. The van der Waals surface area contributed by atoms with E-state index in [1.165, 1.54) is 13.2 Å². The Labute approximate surface area is 190 Å². The molecule has 1 saturated heterocycles. The van der Waals surface area contributed by atoms with Gasteiger partial charge in [0, 0.05) is 30.2 Å². The average Bonchev–Trinajstić information content (AvgIpc) is 3.44. The normalized spacial score (nSPS) is 22.8. The summed E-state index contributed by atoms with van der Waals surface area (Å²) in [5.41, 5.74) is 3.27. The van der Waals surface area contributed by atoms with E-state index in [1.807, 2.05) is 19.1 Å². The Morgan fingerprint density at radius 2 is 1.91 bits per heavy atom. The summed E-state index contributed by atoms with van der Waals surface area (Å²) in [4.78, 5) is 12.9. The van der Waals surface area contributed by atoms with Gasteiger partial charge < -0.3 is 28.3 Å². The van der Waals surface area contributed by atoms with Crippen LogP contribution >= 0.6 is 0 Å². The lowest BCUT2D eigenvalue weighted by Gasteiger charge is -2.27. The molecule has 3 heterocycles. The van der Waals surface area contributed by atoms with E-state index in [9.17, 15) is 13.6 Å². The SMILES string of the molecule is COc1cc2c(cc1OCC1CC1(F)F)CCn1c-2c(C)c(OCC2COCCO2)cc1=O. The highest BCUT2D eigenvalue weighted by molar-refractivity contribution is 5.74. The minimum atomic E-state index is -2.64. The van der Waals surface area contributed by atoms with Gasteiger partial charge in [-0.15, -0.1) is 0 Å². The van der Waals surface area contributed by atoms with Crippen molar-refractivity contribution in [3.05, 3.63) is 39.7 Å². The Balaban J connectivity index is 1.44. The second-order valence-corrected chi connectivity index (χ2v) is 8.73. The van der Waals surface area contributed by atoms with Gasteiger partial charge in [0.2, 0.25) is 0 Å². The van der Waals surface area contributed by atoms with Crippen LogP contribution in [-0.2, 0) is 22.4 Å². The van der Waals surface area contributed by atoms with Crippen LogP contribution in [0.4, 0.5) is 8.78 Å². The Kier molecular flexibility index (Phi) is 5.78. The quantitative estimate of drug-likeness (QED) is 0.628. The minimum Gasteiger partial charge on any atom is -0.493 e. The number of rotatable bonds is 7. The van der Waals surface area contributed by atoms with Crippen LogP contribution < -0.4 is 19.8 Å². The maximum Gasteiger partial charge on any atom is 0.255 e. The molecule has 2 atom stereocenters. The van der Waals surface area contributed by atoms with Crippen LogP contribution in [0.15, 0.2) is 23.0 Å². The van der Waals surface area contributed by atoms with Gasteiger partial charge in [0.1, 0.15) is 18.5 Å². The van der Waals surface area contributed by atoms with E-state index in [1.54, 1.807) is 4.57 Å². The first kappa shape index (κ1) is 22.2. The van der Waals surface area contributed by atoms with Gasteiger partial charge in [-0.25, -0.2) is 8.78 Å². The number of hydrogen-bond acceptors (Lipinski definition) is 6. The molecule has 2 fully saturated rings. The van der Waals surface area contributed by atoms with E-state index in [0.717, 1.165) is 22.4 Å². The molecular formula is C24H27F2NO6. The Morgan fingerprint density at radius 3 is 2.61 bits per heavy atom. The van der Waals surface area contributed by atoms with Gasteiger partial charge in [-0.05, 0) is 31.0 Å². The predicted molar refractivity (Wildman–Crippen MR) is 116 cm³/mol. The number of benzene rings is 1. The van der Waals surface area contributed by atoms with Crippen LogP contribution in [0.5, 0.6) is 17.2 Å². The second-order valence-electron chi connectivity index (χ2n) is 8.73. The number of halogens is 2. The number of nitrogens with zero attached hydrogens (tertiary/aromatic N) is 1. The molecule has 1 saturated carbocycles. The van der Waals surface area contributed by atoms with Crippen molar-refractivity contribution in [1.29, 1.82) is 0 Å². The fraction of sp³-hybridized carbons (Fsp3) is 0.542. The highest BCUT2D eigenvalue weighted by Crippen LogP contribution is 2.49. The lowest BCUT2D eigenvalue weighted by molar-refractivity contribution is -0.101. The van der Waals surface area contributed by atoms with E-state index in [4.69, 9.17) is 23.7 Å². The smallest absolute Gasteiger partial charge is 0.255 e. The predicted octanol–water partition coefficient (Wildman–Crippen LogP) is 3.22. The Bertz CT molecular complexity index is 1110. The fourth-order valence-electron chi connectivity index (χ4n) is 4.44. The van der Waals surface area contributed by atoms with Gasteiger partial charge in [-0.2, -0.15) is 0 Å². The van der Waals surface area contributed by atoms with Gasteiger partial charge >= 0.3 is 0 Å². The molecule has 1 aromatic carbocycles. The van der Waals surface area contributed by atoms with Crippen molar-refractivity contribution < 1.29 is 32.5 Å². The first-order valence-electron chi connectivity index (χ1n) is 11.2. The third kappa shape index (κ3) is 4.31. The van der Waals surface area contributed by atoms with Crippen molar-refractivity contribution in [2.24, 2.45) is 5.92 Å². The zero-order valence-corrected chi connectivity index (χ0v) is 18.7. The maximum absolute atomic E-state index is 13.3. The van der Waals surface area contributed by atoms with Crippen LogP contribution in [0.25, 0.3) is 11.3 Å². The molecule has 2 aromatic rings. The number of aromatic nitrogens is 1. The lowest BCUT2D eigenvalue weighted by atomic mass is 9.93. The topological polar surface area (TPSA) is 68.2 Å². The summed E-state index contributed by atoms with van der Waals surface area (Å²) in [6.45, 7) is 4.21. The Morgan fingerprint density at radius 1 is 1.12 bits per heavy atom. The minimum absolute atomic E-state index is 0.0534. The van der Waals surface area contributed by atoms with E-state index < -0.39 is 11.8 Å². The van der Waals surface area contributed by atoms with E-state index in [0.29, 0.717) is 56.6 Å². The summed E-state index contributed by atoms with van der Waals surface area (Å²) in [5, 5.41) is 0. The van der Waals surface area contributed by atoms with E-state index in [2.05, 4.69) is 0 Å².